The first-order valence-corrected chi connectivity index (χ1v) is 8.30. The van der Waals surface area contributed by atoms with E-state index >= 15 is 0 Å². The maximum absolute atomic E-state index is 12.4. The number of hydrogen-bond donors (Lipinski definition) is 0. The fourth-order valence-corrected chi connectivity index (χ4v) is 3.19. The van der Waals surface area contributed by atoms with Crippen LogP contribution in [0.4, 0.5) is 0 Å². The molecule has 0 radical (unpaired) electrons. The molecule has 1 aromatic rings. The second-order valence-electron chi connectivity index (χ2n) is 6.07. The van der Waals surface area contributed by atoms with Gasteiger partial charge in [0.1, 0.15) is 0 Å². The van der Waals surface area contributed by atoms with Crippen molar-refractivity contribution in [2.24, 2.45) is 5.92 Å². The number of carbonyl (C=O) groups excluding carboxylic acids is 1. The number of hydrogen-bond acceptors (Lipinski definition) is 3. The van der Waals surface area contributed by atoms with Gasteiger partial charge in [-0.15, -0.1) is 0 Å². The van der Waals surface area contributed by atoms with Gasteiger partial charge >= 0.3 is 0 Å². The zero-order valence-electron chi connectivity index (χ0n) is 12.0. The van der Waals surface area contributed by atoms with Gasteiger partial charge < -0.3 is 4.90 Å². The van der Waals surface area contributed by atoms with Crippen molar-refractivity contribution in [3.63, 3.8) is 0 Å². The first kappa shape index (κ1) is 15.3. The summed E-state index contributed by atoms with van der Waals surface area (Å²) < 4.78 is 0. The highest BCUT2D eigenvalue weighted by Gasteiger charge is 2.27. The van der Waals surface area contributed by atoms with Crippen LogP contribution in [0.3, 0.4) is 0 Å². The van der Waals surface area contributed by atoms with Gasteiger partial charge in [-0.2, -0.15) is 0 Å². The molecule has 5 heteroatoms. The molecule has 1 saturated heterocycles. The molecule has 3 nitrogen and oxygen atoms in total. The Labute approximate surface area is 135 Å². The van der Waals surface area contributed by atoms with Gasteiger partial charge in [0.2, 0.25) is 0 Å². The summed E-state index contributed by atoms with van der Waals surface area (Å²) in [6, 6.07) is 5.05. The fraction of sp³-hybridized carbons (Fsp3) is 0.562. The van der Waals surface area contributed by atoms with Gasteiger partial charge in [0, 0.05) is 43.3 Å². The Morgan fingerprint density at radius 3 is 2.43 bits per heavy atom. The largest absolute Gasteiger partial charge is 0.301 e. The zero-order valence-corrected chi connectivity index (χ0v) is 13.5. The topological polar surface area (TPSA) is 23.6 Å². The second kappa shape index (κ2) is 6.66. The van der Waals surface area contributed by atoms with Crippen LogP contribution in [0.15, 0.2) is 18.2 Å². The van der Waals surface area contributed by atoms with Crippen LogP contribution in [0, 0.1) is 5.92 Å². The predicted molar refractivity (Wildman–Crippen MR) is 86.4 cm³/mol. The molecular weight excluding hydrogens is 307 g/mol. The van der Waals surface area contributed by atoms with Crippen LogP contribution in [0.5, 0.6) is 0 Å². The van der Waals surface area contributed by atoms with Gasteiger partial charge in [-0.05, 0) is 37.0 Å². The minimum atomic E-state index is 0.0538. The van der Waals surface area contributed by atoms with Crippen molar-refractivity contribution >= 4 is 29.0 Å². The molecule has 114 valence electrons. The summed E-state index contributed by atoms with van der Waals surface area (Å²) in [6.45, 7) is 5.70. The molecule has 0 N–H and O–H groups in total. The van der Waals surface area contributed by atoms with Crippen LogP contribution >= 0.6 is 23.2 Å². The highest BCUT2D eigenvalue weighted by Crippen LogP contribution is 2.30. The first-order valence-electron chi connectivity index (χ1n) is 7.55. The molecule has 0 unspecified atom stereocenters. The zero-order chi connectivity index (χ0) is 14.8. The van der Waals surface area contributed by atoms with Crippen molar-refractivity contribution in [2.45, 2.75) is 12.8 Å². The highest BCUT2D eigenvalue weighted by atomic mass is 35.5. The molecule has 2 aliphatic rings. The van der Waals surface area contributed by atoms with Gasteiger partial charge in [-0.25, -0.2) is 0 Å². The van der Waals surface area contributed by atoms with Crippen LogP contribution in [-0.2, 0) is 0 Å². The summed E-state index contributed by atoms with van der Waals surface area (Å²) in [5.41, 5.74) is 0.532. The number of rotatable bonds is 5. The Morgan fingerprint density at radius 1 is 1.10 bits per heavy atom. The standard InChI is InChI=1S/C16H20Cl2N2O/c17-13-3-4-15(18)14(9-13)16(21)11-20-7-5-19(6-8-20)10-12-1-2-12/h3-4,9,12H,1-2,5-8,10-11H2. The number of carbonyl (C=O) groups is 1. The van der Waals surface area contributed by atoms with Gasteiger partial charge in [-0.1, -0.05) is 23.2 Å². The first-order chi connectivity index (χ1) is 10.1. The van der Waals surface area contributed by atoms with Crippen LogP contribution in [0.1, 0.15) is 23.2 Å². The molecule has 1 heterocycles. The van der Waals surface area contributed by atoms with E-state index < -0.39 is 0 Å². The lowest BCUT2D eigenvalue weighted by molar-refractivity contribution is 0.0847. The molecule has 1 aliphatic carbocycles. The molecule has 0 bridgehead atoms. The van der Waals surface area contributed by atoms with E-state index in [4.69, 9.17) is 23.2 Å². The van der Waals surface area contributed by atoms with Crippen LogP contribution < -0.4 is 0 Å². The Morgan fingerprint density at radius 2 is 1.76 bits per heavy atom. The normalized spacial score (nSPS) is 20.7. The summed E-state index contributed by atoms with van der Waals surface area (Å²) in [5, 5.41) is 1.04. The summed E-state index contributed by atoms with van der Waals surface area (Å²) in [7, 11) is 0. The predicted octanol–water partition coefficient (Wildman–Crippen LogP) is 3.20. The molecule has 1 aromatic carbocycles. The summed E-state index contributed by atoms with van der Waals surface area (Å²) in [5.74, 6) is 0.988. The lowest BCUT2D eigenvalue weighted by Gasteiger charge is -2.34. The monoisotopic (exact) mass is 326 g/mol. The maximum atomic E-state index is 12.4. The smallest absolute Gasteiger partial charge is 0.178 e. The third kappa shape index (κ3) is 4.19. The molecule has 1 saturated carbocycles. The molecular formula is C16H20Cl2N2O. The van der Waals surface area contributed by atoms with Crippen molar-refractivity contribution in [2.75, 3.05) is 39.3 Å². The van der Waals surface area contributed by atoms with Gasteiger partial charge in [0.15, 0.2) is 5.78 Å². The lowest BCUT2D eigenvalue weighted by atomic mass is 10.1. The Kier molecular flexibility index (Phi) is 4.85. The Hall–Kier alpha value is -0.610. The van der Waals surface area contributed by atoms with Crippen molar-refractivity contribution in [3.05, 3.63) is 33.8 Å². The number of Topliss-reactive ketones (excluding diaryl/α,β-unsaturated/α-hetero) is 1. The molecule has 1 aliphatic heterocycles. The summed E-state index contributed by atoms with van der Waals surface area (Å²) in [6.07, 6.45) is 2.79. The molecule has 0 spiro atoms. The van der Waals surface area contributed by atoms with Gasteiger partial charge in [0.25, 0.3) is 0 Å². The minimum Gasteiger partial charge on any atom is -0.301 e. The minimum absolute atomic E-state index is 0.0538. The molecule has 3 rings (SSSR count). The van der Waals surface area contributed by atoms with Crippen LogP contribution in [-0.4, -0.2) is 54.9 Å². The van der Waals surface area contributed by atoms with E-state index in [9.17, 15) is 4.79 Å². The van der Waals surface area contributed by atoms with Crippen molar-refractivity contribution in [1.29, 1.82) is 0 Å². The van der Waals surface area contributed by atoms with E-state index in [0.717, 1.165) is 32.1 Å². The van der Waals surface area contributed by atoms with E-state index in [1.807, 2.05) is 0 Å². The number of benzene rings is 1. The quantitative estimate of drug-likeness (QED) is 0.776. The van der Waals surface area contributed by atoms with E-state index in [2.05, 4.69) is 9.80 Å². The van der Waals surface area contributed by atoms with E-state index in [0.29, 0.717) is 22.2 Å². The molecule has 0 atom stereocenters. The van der Waals surface area contributed by atoms with E-state index in [1.54, 1.807) is 18.2 Å². The number of piperazine rings is 1. The van der Waals surface area contributed by atoms with Crippen molar-refractivity contribution in [3.8, 4) is 0 Å². The second-order valence-corrected chi connectivity index (χ2v) is 6.91. The fourth-order valence-electron chi connectivity index (χ4n) is 2.79. The average molecular weight is 327 g/mol. The summed E-state index contributed by atoms with van der Waals surface area (Å²) in [4.78, 5) is 17.1. The highest BCUT2D eigenvalue weighted by molar-refractivity contribution is 6.36. The van der Waals surface area contributed by atoms with E-state index in [-0.39, 0.29) is 5.78 Å². The average Bonchev–Trinajstić information content (AvgIpc) is 3.27. The molecule has 0 amide bonds. The van der Waals surface area contributed by atoms with Crippen LogP contribution in [0.25, 0.3) is 0 Å². The van der Waals surface area contributed by atoms with Gasteiger partial charge in [0.05, 0.1) is 11.6 Å². The van der Waals surface area contributed by atoms with Crippen molar-refractivity contribution < 1.29 is 4.79 Å². The molecule has 21 heavy (non-hydrogen) atoms. The SMILES string of the molecule is O=C(CN1CCN(CC2CC2)CC1)c1cc(Cl)ccc1Cl. The number of halogens is 2. The Bertz CT molecular complexity index is 523. The lowest BCUT2D eigenvalue weighted by Crippen LogP contribution is -2.48. The molecule has 0 aromatic heterocycles. The maximum Gasteiger partial charge on any atom is 0.178 e. The van der Waals surface area contributed by atoms with E-state index in [1.165, 1.54) is 19.4 Å². The molecule has 2 fully saturated rings. The number of nitrogens with zero attached hydrogens (tertiary/aromatic N) is 2. The van der Waals surface area contributed by atoms with Crippen molar-refractivity contribution in [1.82, 2.24) is 9.80 Å². The number of ketones is 1. The van der Waals surface area contributed by atoms with Crippen LogP contribution in [0.2, 0.25) is 10.0 Å². The van der Waals surface area contributed by atoms with Gasteiger partial charge in [-0.3, -0.25) is 9.69 Å². The third-order valence-electron chi connectivity index (χ3n) is 4.27. The third-order valence-corrected chi connectivity index (χ3v) is 4.84. The Balaban J connectivity index is 1.52. The summed E-state index contributed by atoms with van der Waals surface area (Å²) >= 11 is 12.0.